The zero-order chi connectivity index (χ0) is 27.5. The van der Waals surface area contributed by atoms with Gasteiger partial charge < -0.3 is 15.4 Å². The van der Waals surface area contributed by atoms with Gasteiger partial charge in [0.2, 0.25) is 11.7 Å². The molecule has 7 nitrogen and oxygen atoms in total. The molecule has 1 heterocycles. The van der Waals surface area contributed by atoms with Crippen LogP contribution in [-0.2, 0) is 19.3 Å². The molecule has 4 bridgehead atoms. The summed E-state index contributed by atoms with van der Waals surface area (Å²) in [5.74, 6) is 2.71. The summed E-state index contributed by atoms with van der Waals surface area (Å²) in [5, 5.41) is 8.37. The molecule has 5 aliphatic carbocycles. The number of unbranched alkanes of at least 4 members (excludes halogenated alkanes) is 1. The molecule has 218 valence electrons. The molecular formula is C32H44ClN3O4. The Morgan fingerprint density at radius 1 is 1.00 bits per heavy atom. The number of hydrogen-bond donors (Lipinski definition) is 2. The maximum atomic E-state index is 12.6. The molecule has 40 heavy (non-hydrogen) atoms. The highest BCUT2D eigenvalue weighted by atomic mass is 35.5. The lowest BCUT2D eigenvalue weighted by atomic mass is 9.53. The summed E-state index contributed by atoms with van der Waals surface area (Å²) in [5.41, 5.74) is 1.95. The minimum absolute atomic E-state index is 0.102. The van der Waals surface area contributed by atoms with Gasteiger partial charge in [-0.25, -0.2) is 9.78 Å². The molecule has 0 atom stereocenters. The van der Waals surface area contributed by atoms with Crippen LogP contribution in [0.3, 0.4) is 0 Å². The second kappa shape index (κ2) is 12.5. The fourth-order valence-corrected chi connectivity index (χ4v) is 8.40. The Morgan fingerprint density at radius 3 is 2.45 bits per heavy atom. The van der Waals surface area contributed by atoms with Gasteiger partial charge in [0.1, 0.15) is 0 Å². The van der Waals surface area contributed by atoms with E-state index in [0.29, 0.717) is 35.7 Å². The van der Waals surface area contributed by atoms with E-state index in [1.165, 1.54) is 32.1 Å². The largest absolute Gasteiger partial charge is 0.384 e. The second-order valence-electron chi connectivity index (χ2n) is 12.8. The first kappa shape index (κ1) is 28.2. The molecule has 5 saturated carbocycles. The Labute approximate surface area is 243 Å². The van der Waals surface area contributed by atoms with Crippen molar-refractivity contribution in [3.8, 4) is 0 Å². The topological polar surface area (TPSA) is 81.7 Å². The molecule has 2 N–H and O–H groups in total. The lowest BCUT2D eigenvalue weighted by Crippen LogP contribution is -2.60. The maximum absolute atomic E-state index is 12.6. The van der Waals surface area contributed by atoms with Crippen LogP contribution in [0, 0.1) is 29.6 Å². The summed E-state index contributed by atoms with van der Waals surface area (Å²) >= 11 is 6.09. The SMILES string of the molecule is COC1(OO[C@H]2CC[C@@H](CC(=O)NCCCCNc3ccnc4cc(Cl)ccc34)CC2)C2CC3CC(C2)CC1C3. The van der Waals surface area contributed by atoms with Crippen molar-refractivity contribution in [2.24, 2.45) is 29.6 Å². The summed E-state index contributed by atoms with van der Waals surface area (Å²) in [6.07, 6.45) is 14.6. The lowest BCUT2D eigenvalue weighted by molar-refractivity contribution is -0.485. The highest BCUT2D eigenvalue weighted by molar-refractivity contribution is 6.31. The standard InChI is InChI=1S/C32H44ClN3O4/c1-38-32(24-15-22-14-23(17-24)18-25(32)16-22)40-39-27-7-4-21(5-8-27)19-31(37)36-12-3-2-11-34-29-10-13-35-30-20-26(33)6-9-28(29)30/h6,9-10,13,20-25,27H,2-5,7-8,11-12,14-19H2,1H3,(H,34,35)(H,36,37)/t21-,22?,23?,24?,25?,27+,32?. The van der Waals surface area contributed by atoms with Crippen molar-refractivity contribution in [3.63, 3.8) is 0 Å². The van der Waals surface area contributed by atoms with Crippen LogP contribution in [-0.4, -0.2) is 43.0 Å². The number of fused-ring (bicyclic) bond motifs is 1. The third-order valence-corrected chi connectivity index (χ3v) is 10.4. The van der Waals surface area contributed by atoms with Crippen LogP contribution < -0.4 is 10.6 Å². The monoisotopic (exact) mass is 569 g/mol. The van der Waals surface area contributed by atoms with E-state index in [2.05, 4.69) is 15.6 Å². The van der Waals surface area contributed by atoms with Crippen LogP contribution in [0.5, 0.6) is 0 Å². The van der Waals surface area contributed by atoms with E-state index in [1.54, 1.807) is 13.3 Å². The number of aromatic nitrogens is 1. The number of methoxy groups -OCH3 is 1. The first-order valence-corrected chi connectivity index (χ1v) is 15.8. The van der Waals surface area contributed by atoms with Crippen LogP contribution in [0.15, 0.2) is 30.5 Å². The van der Waals surface area contributed by atoms with E-state index in [1.807, 2.05) is 24.3 Å². The van der Waals surface area contributed by atoms with E-state index < -0.39 is 5.79 Å². The van der Waals surface area contributed by atoms with Crippen LogP contribution in [0.25, 0.3) is 10.9 Å². The third-order valence-electron chi connectivity index (χ3n) is 10.1. The maximum Gasteiger partial charge on any atom is 0.220 e. The Hall–Kier alpha value is -1.93. The third kappa shape index (κ3) is 6.13. The molecule has 0 unspecified atom stereocenters. The van der Waals surface area contributed by atoms with Gasteiger partial charge in [0.15, 0.2) is 0 Å². The van der Waals surface area contributed by atoms with Gasteiger partial charge >= 0.3 is 0 Å². The average Bonchev–Trinajstić information content (AvgIpc) is 2.95. The van der Waals surface area contributed by atoms with Crippen molar-refractivity contribution < 1.29 is 19.3 Å². The van der Waals surface area contributed by atoms with Gasteiger partial charge in [-0.05, 0) is 113 Å². The molecule has 2 aromatic rings. The number of anilines is 1. The van der Waals surface area contributed by atoms with Crippen LogP contribution in [0.2, 0.25) is 5.02 Å². The summed E-state index contributed by atoms with van der Waals surface area (Å²) in [7, 11) is 1.80. The number of nitrogens with zero attached hydrogens (tertiary/aromatic N) is 1. The van der Waals surface area contributed by atoms with E-state index >= 15 is 0 Å². The number of carbonyl (C=O) groups excluding carboxylic acids is 1. The summed E-state index contributed by atoms with van der Waals surface area (Å²) in [6, 6.07) is 7.76. The molecule has 7 rings (SSSR count). The Balaban J connectivity index is 0.853. The molecule has 0 radical (unpaired) electrons. The highest BCUT2D eigenvalue weighted by Gasteiger charge is 2.60. The number of ether oxygens (including phenoxy) is 1. The van der Waals surface area contributed by atoms with Gasteiger partial charge in [-0.15, -0.1) is 0 Å². The molecule has 0 aliphatic heterocycles. The molecule has 8 heteroatoms. The van der Waals surface area contributed by atoms with Gasteiger partial charge in [0, 0.05) is 60.7 Å². The fraction of sp³-hybridized carbons (Fsp3) is 0.688. The van der Waals surface area contributed by atoms with Crippen molar-refractivity contribution in [1.29, 1.82) is 0 Å². The average molecular weight is 570 g/mol. The fourth-order valence-electron chi connectivity index (χ4n) is 8.23. The zero-order valence-corrected chi connectivity index (χ0v) is 24.5. The number of pyridine rings is 1. The van der Waals surface area contributed by atoms with Crippen molar-refractivity contribution in [2.75, 3.05) is 25.5 Å². The molecule has 1 amide bonds. The predicted molar refractivity (Wildman–Crippen MR) is 157 cm³/mol. The van der Waals surface area contributed by atoms with Crippen LogP contribution in [0.4, 0.5) is 5.69 Å². The van der Waals surface area contributed by atoms with Gasteiger partial charge in [0.25, 0.3) is 0 Å². The number of carbonyl (C=O) groups is 1. The molecule has 0 spiro atoms. The number of rotatable bonds is 12. The van der Waals surface area contributed by atoms with Crippen molar-refractivity contribution in [2.45, 2.75) is 88.9 Å². The molecule has 1 aromatic carbocycles. The molecule has 5 aliphatic rings. The minimum Gasteiger partial charge on any atom is -0.384 e. The zero-order valence-electron chi connectivity index (χ0n) is 23.7. The van der Waals surface area contributed by atoms with Crippen LogP contribution >= 0.6 is 11.6 Å². The van der Waals surface area contributed by atoms with Gasteiger partial charge in [-0.3, -0.25) is 9.78 Å². The lowest BCUT2D eigenvalue weighted by Gasteiger charge is -2.58. The summed E-state index contributed by atoms with van der Waals surface area (Å²) in [6.45, 7) is 1.55. The number of hydrogen-bond acceptors (Lipinski definition) is 6. The molecular weight excluding hydrogens is 526 g/mol. The second-order valence-corrected chi connectivity index (χ2v) is 13.2. The predicted octanol–water partition coefficient (Wildman–Crippen LogP) is 6.89. The highest BCUT2D eigenvalue weighted by Crippen LogP contribution is 2.60. The quantitative estimate of drug-likeness (QED) is 0.125. The number of benzene rings is 1. The van der Waals surface area contributed by atoms with E-state index in [9.17, 15) is 4.79 Å². The van der Waals surface area contributed by atoms with Gasteiger partial charge in [-0.2, -0.15) is 0 Å². The van der Waals surface area contributed by atoms with Gasteiger partial charge in [0.05, 0.1) is 11.6 Å². The Bertz CT molecular complexity index is 1140. The number of halogens is 1. The van der Waals surface area contributed by atoms with E-state index in [0.717, 1.165) is 73.5 Å². The van der Waals surface area contributed by atoms with Crippen molar-refractivity contribution in [1.82, 2.24) is 10.3 Å². The smallest absolute Gasteiger partial charge is 0.220 e. The summed E-state index contributed by atoms with van der Waals surface area (Å²) < 4.78 is 6.07. The summed E-state index contributed by atoms with van der Waals surface area (Å²) in [4.78, 5) is 29.3. The normalized spacial score (nSPS) is 32.9. The first-order valence-electron chi connectivity index (χ1n) is 15.5. The van der Waals surface area contributed by atoms with E-state index in [-0.39, 0.29) is 12.0 Å². The number of amides is 1. The van der Waals surface area contributed by atoms with Gasteiger partial charge in [-0.1, -0.05) is 11.6 Å². The molecule has 1 aromatic heterocycles. The number of nitrogens with one attached hydrogen (secondary N) is 2. The van der Waals surface area contributed by atoms with Crippen molar-refractivity contribution >= 4 is 34.1 Å². The first-order chi connectivity index (χ1) is 19.5. The molecule has 5 fully saturated rings. The Kier molecular flexibility index (Phi) is 8.83. The minimum atomic E-state index is -0.542. The van der Waals surface area contributed by atoms with E-state index in [4.69, 9.17) is 26.1 Å². The van der Waals surface area contributed by atoms with Crippen molar-refractivity contribution in [3.05, 3.63) is 35.5 Å². The molecule has 0 saturated heterocycles. The van der Waals surface area contributed by atoms with Crippen LogP contribution in [0.1, 0.15) is 77.0 Å². The Morgan fingerprint density at radius 2 is 1.73 bits per heavy atom.